The monoisotopic (exact) mass is 488 g/mol. The Morgan fingerprint density at radius 2 is 1.29 bits per heavy atom. The van der Waals surface area contributed by atoms with Crippen molar-refractivity contribution in [3.63, 3.8) is 0 Å². The first-order valence-corrected chi connectivity index (χ1v) is 13.1. The number of rotatable bonds is 22. The van der Waals surface area contributed by atoms with Gasteiger partial charge in [-0.3, -0.25) is 9.59 Å². The smallest absolute Gasteiger partial charge is 0.362 e. The molecule has 0 aliphatic rings. The number of hydrogen-bond acceptors (Lipinski definition) is 6. The minimum atomic E-state index is -0.880. The van der Waals surface area contributed by atoms with Crippen molar-refractivity contribution in [3.05, 3.63) is 0 Å². The Hall–Kier alpha value is -1.67. The molecule has 0 fully saturated rings. The third-order valence-corrected chi connectivity index (χ3v) is 5.76. The first-order valence-electron chi connectivity index (χ1n) is 13.1. The average molecular weight is 489 g/mol. The van der Waals surface area contributed by atoms with E-state index in [0.29, 0.717) is 19.3 Å². The van der Waals surface area contributed by atoms with Gasteiger partial charge in [-0.2, -0.15) is 0 Å². The zero-order valence-corrected chi connectivity index (χ0v) is 22.3. The SMILES string of the molecule is CCCCCCCCCC(=O)OC(COCCC(C(=O)O)[N+](C)(C)C)COC(=O)CCCCC. The number of likely N-dealkylation sites (N-methyl/N-ethyl adjacent to an activating group) is 1. The van der Waals surface area contributed by atoms with E-state index in [4.69, 9.17) is 14.2 Å². The number of ether oxygens (including phenoxy) is 3. The lowest BCUT2D eigenvalue weighted by atomic mass is 10.1. The van der Waals surface area contributed by atoms with Crippen molar-refractivity contribution in [3.8, 4) is 0 Å². The number of unbranched alkanes of at least 4 members (excludes halogenated alkanes) is 8. The molecule has 8 heteroatoms. The van der Waals surface area contributed by atoms with E-state index in [1.165, 1.54) is 25.7 Å². The predicted molar refractivity (Wildman–Crippen MR) is 132 cm³/mol. The predicted octanol–water partition coefficient (Wildman–Crippen LogP) is 4.73. The van der Waals surface area contributed by atoms with Crippen molar-refractivity contribution in [1.82, 2.24) is 0 Å². The van der Waals surface area contributed by atoms with E-state index in [2.05, 4.69) is 13.8 Å². The molecular formula is C26H50NO7+. The average Bonchev–Trinajstić information content (AvgIpc) is 2.75. The van der Waals surface area contributed by atoms with Gasteiger partial charge in [0, 0.05) is 19.3 Å². The highest BCUT2D eigenvalue weighted by molar-refractivity contribution is 5.72. The molecule has 0 bridgehead atoms. The molecular weight excluding hydrogens is 438 g/mol. The molecule has 0 aromatic carbocycles. The van der Waals surface area contributed by atoms with Gasteiger partial charge in [0.1, 0.15) is 6.61 Å². The zero-order valence-electron chi connectivity index (χ0n) is 22.3. The number of quaternary nitrogens is 1. The van der Waals surface area contributed by atoms with Crippen LogP contribution in [-0.4, -0.2) is 80.6 Å². The molecule has 0 amide bonds. The Balaban J connectivity index is 4.54. The first kappa shape index (κ1) is 32.3. The lowest BCUT2D eigenvalue weighted by Gasteiger charge is -2.31. The van der Waals surface area contributed by atoms with Crippen LogP contribution in [0.15, 0.2) is 0 Å². The minimum Gasteiger partial charge on any atom is -0.477 e. The summed E-state index contributed by atoms with van der Waals surface area (Å²) >= 11 is 0. The fourth-order valence-corrected chi connectivity index (χ4v) is 3.62. The van der Waals surface area contributed by atoms with Crippen molar-refractivity contribution < 1.29 is 38.2 Å². The van der Waals surface area contributed by atoms with Crippen LogP contribution in [0.2, 0.25) is 0 Å². The molecule has 2 atom stereocenters. The van der Waals surface area contributed by atoms with Gasteiger partial charge in [-0.05, 0) is 12.8 Å². The topological polar surface area (TPSA) is 99.1 Å². The third kappa shape index (κ3) is 17.8. The minimum absolute atomic E-state index is 0.0502. The second-order valence-electron chi connectivity index (χ2n) is 9.96. The summed E-state index contributed by atoms with van der Waals surface area (Å²) in [6, 6.07) is -0.602. The van der Waals surface area contributed by atoms with Crippen molar-refractivity contribution in [2.75, 3.05) is 41.0 Å². The summed E-state index contributed by atoms with van der Waals surface area (Å²) in [6.07, 6.45) is 10.8. The van der Waals surface area contributed by atoms with Crippen LogP contribution in [0.25, 0.3) is 0 Å². The molecule has 0 saturated carbocycles. The third-order valence-electron chi connectivity index (χ3n) is 5.76. The largest absolute Gasteiger partial charge is 0.477 e. The van der Waals surface area contributed by atoms with Crippen molar-refractivity contribution in [1.29, 1.82) is 0 Å². The Kier molecular flexibility index (Phi) is 18.7. The molecule has 1 N–H and O–H groups in total. The molecule has 34 heavy (non-hydrogen) atoms. The summed E-state index contributed by atoms with van der Waals surface area (Å²) in [7, 11) is 5.47. The molecule has 0 aromatic rings. The van der Waals surface area contributed by atoms with E-state index in [1.807, 2.05) is 21.1 Å². The van der Waals surface area contributed by atoms with Gasteiger partial charge in [-0.25, -0.2) is 4.79 Å². The molecule has 2 unspecified atom stereocenters. The van der Waals surface area contributed by atoms with Crippen molar-refractivity contribution >= 4 is 17.9 Å². The van der Waals surface area contributed by atoms with Crippen molar-refractivity contribution in [2.24, 2.45) is 0 Å². The number of carboxylic acids is 1. The Labute approximate surface area is 206 Å². The number of carbonyl (C=O) groups is 3. The number of esters is 2. The maximum Gasteiger partial charge on any atom is 0.362 e. The van der Waals surface area contributed by atoms with Crippen LogP contribution in [0.5, 0.6) is 0 Å². The molecule has 8 nitrogen and oxygen atoms in total. The first-order chi connectivity index (χ1) is 16.1. The highest BCUT2D eigenvalue weighted by atomic mass is 16.6. The number of carbonyl (C=O) groups excluding carboxylic acids is 2. The highest BCUT2D eigenvalue weighted by Gasteiger charge is 2.31. The van der Waals surface area contributed by atoms with Crippen LogP contribution in [-0.2, 0) is 28.6 Å². The highest BCUT2D eigenvalue weighted by Crippen LogP contribution is 2.11. The second-order valence-corrected chi connectivity index (χ2v) is 9.96. The number of aliphatic carboxylic acids is 1. The van der Waals surface area contributed by atoms with Crippen LogP contribution in [0, 0.1) is 0 Å². The summed E-state index contributed by atoms with van der Waals surface area (Å²) in [5.41, 5.74) is 0. The van der Waals surface area contributed by atoms with E-state index >= 15 is 0 Å². The zero-order chi connectivity index (χ0) is 25.8. The van der Waals surface area contributed by atoms with Gasteiger partial charge in [0.15, 0.2) is 12.1 Å². The van der Waals surface area contributed by atoms with E-state index in [1.54, 1.807) is 0 Å². The summed E-state index contributed by atoms with van der Waals surface area (Å²) in [5, 5.41) is 9.44. The van der Waals surface area contributed by atoms with Gasteiger partial charge in [0.2, 0.25) is 0 Å². The van der Waals surface area contributed by atoms with Gasteiger partial charge in [0.05, 0.1) is 34.4 Å². The lowest BCUT2D eigenvalue weighted by molar-refractivity contribution is -0.887. The van der Waals surface area contributed by atoms with E-state index in [-0.39, 0.29) is 36.2 Å². The fraction of sp³-hybridized carbons (Fsp3) is 0.885. The lowest BCUT2D eigenvalue weighted by Crippen LogP contribution is -2.50. The van der Waals surface area contributed by atoms with Crippen LogP contribution in [0.1, 0.15) is 97.3 Å². The van der Waals surface area contributed by atoms with Crippen LogP contribution < -0.4 is 0 Å². The van der Waals surface area contributed by atoms with E-state index in [0.717, 1.165) is 38.5 Å². The Morgan fingerprint density at radius 3 is 1.88 bits per heavy atom. The van der Waals surface area contributed by atoms with Gasteiger partial charge in [-0.1, -0.05) is 65.2 Å². The van der Waals surface area contributed by atoms with Crippen molar-refractivity contribution in [2.45, 2.75) is 109 Å². The Morgan fingerprint density at radius 1 is 0.765 bits per heavy atom. The molecule has 0 aromatic heterocycles. The Bertz CT molecular complexity index is 560. The maximum atomic E-state index is 12.3. The molecule has 0 radical (unpaired) electrons. The van der Waals surface area contributed by atoms with Gasteiger partial charge in [-0.15, -0.1) is 0 Å². The van der Waals surface area contributed by atoms with E-state index in [9.17, 15) is 19.5 Å². The van der Waals surface area contributed by atoms with Gasteiger partial charge < -0.3 is 23.8 Å². The number of hydrogen-bond donors (Lipinski definition) is 1. The van der Waals surface area contributed by atoms with Crippen LogP contribution in [0.4, 0.5) is 0 Å². The molecule has 0 saturated heterocycles. The summed E-state index contributed by atoms with van der Waals surface area (Å²) < 4.78 is 16.8. The number of nitrogens with zero attached hydrogens (tertiary/aromatic N) is 1. The quantitative estimate of drug-likeness (QED) is 0.134. The number of carboxylic acid groups (broad SMARTS) is 1. The fourth-order valence-electron chi connectivity index (χ4n) is 3.62. The normalized spacial score (nSPS) is 13.3. The molecule has 0 rings (SSSR count). The molecule has 0 aliphatic carbocycles. The van der Waals surface area contributed by atoms with E-state index < -0.39 is 18.1 Å². The molecule has 200 valence electrons. The summed E-state index contributed by atoms with van der Waals surface area (Å²) in [5.74, 6) is -1.51. The maximum absolute atomic E-state index is 12.3. The van der Waals surface area contributed by atoms with Crippen LogP contribution >= 0.6 is 0 Å². The van der Waals surface area contributed by atoms with Crippen LogP contribution in [0.3, 0.4) is 0 Å². The molecule has 0 heterocycles. The van der Waals surface area contributed by atoms with Gasteiger partial charge >= 0.3 is 17.9 Å². The molecule has 0 aliphatic heterocycles. The standard InChI is InChI=1S/C26H49NO7/c1-6-8-10-11-12-13-15-17-25(29)34-22(21-33-24(28)16-14-9-7-2)20-32-19-18-23(26(30)31)27(3,4)5/h22-23H,6-21H2,1-5H3/p+1. The van der Waals surface area contributed by atoms with Gasteiger partial charge in [0.25, 0.3) is 0 Å². The summed E-state index contributed by atoms with van der Waals surface area (Å²) in [6.45, 7) is 4.48. The summed E-state index contributed by atoms with van der Waals surface area (Å²) in [4.78, 5) is 35.8. The second kappa shape index (κ2) is 19.6. The molecule has 0 spiro atoms.